The first-order valence-electron chi connectivity index (χ1n) is 22.0. The van der Waals surface area contributed by atoms with Crippen LogP contribution in [0.15, 0.2) is 24.8 Å². The molecule has 10 N–H and O–H groups in total. The Morgan fingerprint density at radius 3 is 1.61 bits per heavy atom. The van der Waals surface area contributed by atoms with E-state index in [1.807, 2.05) is 6.92 Å². The van der Waals surface area contributed by atoms with E-state index in [1.165, 1.54) is 33.5 Å². The Hall–Kier alpha value is -3.87. The van der Waals surface area contributed by atoms with Gasteiger partial charge < -0.3 is 89.0 Å². The average molecular weight is 1010 g/mol. The molecule has 31 heteroatoms. The summed E-state index contributed by atoms with van der Waals surface area (Å²) in [7, 11) is 1.35. The molecule has 4 aromatic heterocycles. The van der Waals surface area contributed by atoms with Crippen molar-refractivity contribution in [3.63, 3.8) is 0 Å². The number of alkyl halides is 1. The van der Waals surface area contributed by atoms with E-state index in [1.54, 1.807) is 17.1 Å². The molecule has 386 valence electrons. The van der Waals surface area contributed by atoms with E-state index in [4.69, 9.17) is 49.5 Å². The lowest BCUT2D eigenvalue weighted by Gasteiger charge is -2.40. The smallest absolute Gasteiger partial charge is 0.187 e. The van der Waals surface area contributed by atoms with Gasteiger partial charge in [-0.2, -0.15) is 0 Å². The van der Waals surface area contributed by atoms with Gasteiger partial charge in [-0.1, -0.05) is 20.9 Å². The van der Waals surface area contributed by atoms with E-state index in [-0.39, 0.29) is 64.8 Å². The maximum Gasteiger partial charge on any atom is 0.187 e. The van der Waals surface area contributed by atoms with Crippen molar-refractivity contribution >= 4 is 11.6 Å². The molecule has 0 aromatic carbocycles. The number of ether oxygens (including phenoxy) is 8. The van der Waals surface area contributed by atoms with Crippen molar-refractivity contribution in [2.24, 2.45) is 0 Å². The highest BCUT2D eigenvalue weighted by molar-refractivity contribution is 6.21. The van der Waals surface area contributed by atoms with Crippen LogP contribution in [0.1, 0.15) is 36.1 Å². The van der Waals surface area contributed by atoms with Crippen molar-refractivity contribution in [3.05, 3.63) is 47.6 Å². The Labute approximate surface area is 397 Å². The van der Waals surface area contributed by atoms with Gasteiger partial charge in [-0.3, -0.25) is 4.68 Å². The second-order valence-corrected chi connectivity index (χ2v) is 17.2. The van der Waals surface area contributed by atoms with Crippen LogP contribution in [-0.4, -0.2) is 235 Å². The van der Waals surface area contributed by atoms with E-state index < -0.39 is 110 Å². The molecule has 0 spiro atoms. The molecule has 3 aliphatic heterocycles. The molecule has 0 bridgehead atoms. The number of hydrogen-bond donors (Lipinski definition) is 10. The first kappa shape index (κ1) is 52.9. The fraction of sp³-hybridized carbons (Fsp3) is 0.789. The molecule has 30 nitrogen and oxygen atoms in total. The second kappa shape index (κ2) is 24.5. The quantitative estimate of drug-likeness (QED) is 0.0292. The molecule has 3 saturated heterocycles. The first-order chi connectivity index (χ1) is 33.1. The third kappa shape index (κ3) is 13.6. The van der Waals surface area contributed by atoms with Gasteiger partial charge in [0.2, 0.25) is 0 Å². The minimum absolute atomic E-state index is 0.000659. The molecule has 0 saturated carbocycles. The van der Waals surface area contributed by atoms with Crippen molar-refractivity contribution in [3.8, 4) is 0 Å². The van der Waals surface area contributed by atoms with Gasteiger partial charge in [-0.15, -0.1) is 32.0 Å². The lowest BCUT2D eigenvalue weighted by Crippen LogP contribution is -2.59. The third-order valence-corrected chi connectivity index (χ3v) is 12.2. The fourth-order valence-corrected chi connectivity index (χ4v) is 7.87. The van der Waals surface area contributed by atoms with Crippen LogP contribution >= 0.6 is 11.6 Å². The molecule has 4 aromatic rings. The van der Waals surface area contributed by atoms with E-state index in [0.717, 1.165) is 0 Å². The molecule has 17 atom stereocenters. The SMILES string of the molecule is CCn1cc(CO[C@H]2O[C@H](Cn3cc(CO[C@H]4O[C@H](Cn5cc(COCc6cn(C[C@@H](OC)[C@@H](O)[C@H](O)CO[C@@H]7C[C@@H](O)[C@@H](Cl)[C@@H](CO)O7)nn6)nn5)[C@@H](O)[C@H](O)[C@@H]4O)nn3)[C@@H](O)[C@H](O)[C@@H]2O)nn1. The molecular formula is C38H59ClN12O18. The summed E-state index contributed by atoms with van der Waals surface area (Å²) in [4.78, 5) is 0. The van der Waals surface area contributed by atoms with E-state index in [9.17, 15) is 51.1 Å². The van der Waals surface area contributed by atoms with Crippen molar-refractivity contribution in [2.75, 3.05) is 20.3 Å². The highest BCUT2D eigenvalue weighted by Gasteiger charge is 2.46. The maximum atomic E-state index is 10.8. The summed E-state index contributed by atoms with van der Waals surface area (Å²) in [6.07, 6.45) is -14.8. The van der Waals surface area contributed by atoms with E-state index in [2.05, 4.69) is 41.2 Å². The number of aryl methyl sites for hydroxylation is 1. The molecule has 7 heterocycles. The van der Waals surface area contributed by atoms with Crippen molar-refractivity contribution in [1.82, 2.24) is 60.0 Å². The zero-order chi connectivity index (χ0) is 49.4. The van der Waals surface area contributed by atoms with Gasteiger partial charge in [0.05, 0.1) is 95.5 Å². The summed E-state index contributed by atoms with van der Waals surface area (Å²) < 4.78 is 50.8. The van der Waals surface area contributed by atoms with Gasteiger partial charge in [0.25, 0.3) is 0 Å². The van der Waals surface area contributed by atoms with E-state index in [0.29, 0.717) is 23.6 Å². The monoisotopic (exact) mass is 1010 g/mol. The molecule has 0 aliphatic carbocycles. The Balaban J connectivity index is 0.832. The van der Waals surface area contributed by atoms with Gasteiger partial charge in [-0.05, 0) is 6.92 Å². The van der Waals surface area contributed by atoms with Crippen LogP contribution in [-0.2, 0) is 90.5 Å². The van der Waals surface area contributed by atoms with Gasteiger partial charge in [-0.25, -0.2) is 14.0 Å². The summed E-state index contributed by atoms with van der Waals surface area (Å²) >= 11 is 6.04. The number of halogens is 1. The topological polar surface area (TPSA) is 399 Å². The summed E-state index contributed by atoms with van der Waals surface area (Å²) in [6, 6.07) is 0. The van der Waals surface area contributed by atoms with Gasteiger partial charge in [0.1, 0.15) is 96.0 Å². The molecule has 0 radical (unpaired) electrons. The molecule has 7 rings (SSSR count). The number of nitrogens with zero attached hydrogens (tertiary/aromatic N) is 12. The second-order valence-electron chi connectivity index (χ2n) is 16.7. The summed E-state index contributed by atoms with van der Waals surface area (Å²) in [6.45, 7) is 1.09. The zero-order valence-corrected chi connectivity index (χ0v) is 38.1. The fourth-order valence-electron chi connectivity index (χ4n) is 7.63. The van der Waals surface area contributed by atoms with Crippen LogP contribution in [0, 0.1) is 0 Å². The summed E-state index contributed by atoms with van der Waals surface area (Å²) in [5.41, 5.74) is 1.53. The average Bonchev–Trinajstić information content (AvgIpc) is 4.19. The predicted octanol–water partition coefficient (Wildman–Crippen LogP) is -6.33. The number of hydrogen-bond acceptors (Lipinski definition) is 26. The zero-order valence-electron chi connectivity index (χ0n) is 37.4. The predicted molar refractivity (Wildman–Crippen MR) is 222 cm³/mol. The number of rotatable bonds is 24. The van der Waals surface area contributed by atoms with Crippen molar-refractivity contribution in [1.29, 1.82) is 0 Å². The van der Waals surface area contributed by atoms with Crippen LogP contribution < -0.4 is 0 Å². The van der Waals surface area contributed by atoms with Gasteiger partial charge >= 0.3 is 0 Å². The standard InChI is InChI=1S/C38H59ClN12O18/c1-3-48-5-20(42-44-48)15-65-37-35(60)34(59)32(57)26(69-37)11-51-8-21(43-47-51)16-66-38-36(61)33(58)31(56)25(68-38)10-50-7-19(41-46-50)14-63-13-18-6-49(45-40-18)9-24(62-2)30(55)23(54)17-64-28-4-22(53)29(39)27(12-52)67-28/h5-8,22-38,52-61H,3-4,9-17H2,1-2H3/t22-,23-,24-,25-,26-,27-,28+,29-,30+,31-,32-,33+,34+,35+,36+,37+,38+/m1/s1. The molecule has 3 aliphatic rings. The Morgan fingerprint density at radius 2 is 1.12 bits per heavy atom. The number of aliphatic hydroxyl groups excluding tert-OH is 10. The minimum atomic E-state index is -1.66. The van der Waals surface area contributed by atoms with Gasteiger partial charge in [0, 0.05) is 20.1 Å². The molecule has 0 unspecified atom stereocenters. The van der Waals surface area contributed by atoms with Crippen LogP contribution in [0.2, 0.25) is 0 Å². The van der Waals surface area contributed by atoms with Crippen LogP contribution in [0.3, 0.4) is 0 Å². The van der Waals surface area contributed by atoms with E-state index >= 15 is 0 Å². The summed E-state index contributed by atoms with van der Waals surface area (Å²) in [5.74, 6) is 0. The highest BCUT2D eigenvalue weighted by atomic mass is 35.5. The number of aromatic nitrogens is 12. The number of aliphatic hydroxyl groups is 10. The Bertz CT molecular complexity index is 2160. The van der Waals surface area contributed by atoms with Crippen LogP contribution in [0.25, 0.3) is 0 Å². The van der Waals surface area contributed by atoms with Crippen molar-refractivity contribution in [2.45, 2.75) is 170 Å². The lowest BCUT2D eigenvalue weighted by atomic mass is 9.99. The Kier molecular flexibility index (Phi) is 18.8. The molecular weight excluding hydrogens is 948 g/mol. The summed E-state index contributed by atoms with van der Waals surface area (Å²) in [5, 5.41) is 136. The van der Waals surface area contributed by atoms with Gasteiger partial charge in [0.15, 0.2) is 18.9 Å². The first-order valence-corrected chi connectivity index (χ1v) is 22.4. The lowest BCUT2D eigenvalue weighted by molar-refractivity contribution is -0.302. The minimum Gasteiger partial charge on any atom is -0.394 e. The van der Waals surface area contributed by atoms with Crippen LogP contribution in [0.4, 0.5) is 0 Å². The number of methoxy groups -OCH3 is 1. The molecule has 0 amide bonds. The molecule has 69 heavy (non-hydrogen) atoms. The third-order valence-electron chi connectivity index (χ3n) is 11.6. The molecule has 3 fully saturated rings. The van der Waals surface area contributed by atoms with Crippen molar-refractivity contribution < 1.29 is 89.0 Å². The Morgan fingerprint density at radius 1 is 0.638 bits per heavy atom. The maximum absolute atomic E-state index is 10.8. The van der Waals surface area contributed by atoms with Crippen LogP contribution in [0.5, 0.6) is 0 Å². The highest BCUT2D eigenvalue weighted by Crippen LogP contribution is 2.27. The largest absolute Gasteiger partial charge is 0.394 e. The normalized spacial score (nSPS) is 32.3.